The molecule has 0 radical (unpaired) electrons. The summed E-state index contributed by atoms with van der Waals surface area (Å²) in [4.78, 5) is 2.30. The lowest BCUT2D eigenvalue weighted by atomic mass is 9.91. The summed E-state index contributed by atoms with van der Waals surface area (Å²) in [5.41, 5.74) is 3.95. The van der Waals surface area contributed by atoms with Crippen LogP contribution in [0, 0.1) is 19.8 Å². The molecule has 0 saturated heterocycles. The largest absolute Gasteiger partial charge is 0.396 e. The lowest BCUT2D eigenvalue weighted by molar-refractivity contribution is 0.259. The Morgan fingerprint density at radius 3 is 2.76 bits per heavy atom. The Morgan fingerprint density at radius 1 is 1.41 bits per heavy atom. The van der Waals surface area contributed by atoms with Crippen LogP contribution in [-0.4, -0.2) is 25.3 Å². The van der Waals surface area contributed by atoms with Gasteiger partial charge in [0.1, 0.15) is 0 Å². The number of fused-ring (bicyclic) bond motifs is 1. The van der Waals surface area contributed by atoms with Crippen LogP contribution in [0.4, 0.5) is 5.69 Å². The second-order valence-electron chi connectivity index (χ2n) is 4.45. The Hall–Kier alpha value is -1.46. The Labute approximate surface area is 104 Å². The third-order valence-corrected chi connectivity index (χ3v) is 3.39. The van der Waals surface area contributed by atoms with Gasteiger partial charge in [-0.1, -0.05) is 12.1 Å². The number of rotatable bonds is 1. The van der Waals surface area contributed by atoms with E-state index in [1.165, 1.54) is 16.8 Å². The molecule has 1 aromatic rings. The van der Waals surface area contributed by atoms with Gasteiger partial charge in [-0.2, -0.15) is 0 Å². The van der Waals surface area contributed by atoms with Gasteiger partial charge in [-0.3, -0.25) is 0 Å². The molecule has 0 bridgehead atoms. The molecule has 0 aliphatic carbocycles. The van der Waals surface area contributed by atoms with Gasteiger partial charge in [-0.05, 0) is 37.0 Å². The van der Waals surface area contributed by atoms with Crippen LogP contribution < -0.4 is 4.90 Å². The summed E-state index contributed by atoms with van der Waals surface area (Å²) in [6.07, 6.45) is 10.3. The van der Waals surface area contributed by atoms with Gasteiger partial charge in [0.05, 0.1) is 6.61 Å². The minimum atomic E-state index is 0.270. The van der Waals surface area contributed by atoms with Gasteiger partial charge in [-0.15, -0.1) is 12.8 Å². The first-order valence-electron chi connectivity index (χ1n) is 5.99. The quantitative estimate of drug-likeness (QED) is 0.751. The number of benzene rings is 1. The van der Waals surface area contributed by atoms with Gasteiger partial charge in [0.15, 0.2) is 0 Å². The van der Waals surface area contributed by atoms with Crippen molar-refractivity contribution >= 4 is 5.69 Å². The highest BCUT2D eigenvalue weighted by molar-refractivity contribution is 5.58. The van der Waals surface area contributed by atoms with E-state index < -0.39 is 0 Å². The molecular weight excluding hydrogens is 210 g/mol. The van der Waals surface area contributed by atoms with Crippen molar-refractivity contribution in [3.63, 3.8) is 0 Å². The summed E-state index contributed by atoms with van der Waals surface area (Å²) in [5, 5.41) is 9.45. The second kappa shape index (κ2) is 6.32. The van der Waals surface area contributed by atoms with Gasteiger partial charge in [0, 0.05) is 25.2 Å². The number of aryl methyl sites for hydroxylation is 1. The van der Waals surface area contributed by atoms with Crippen LogP contribution in [0.3, 0.4) is 0 Å². The molecule has 1 unspecified atom stereocenters. The molecule has 1 atom stereocenters. The van der Waals surface area contributed by atoms with E-state index in [0.29, 0.717) is 5.92 Å². The molecule has 17 heavy (non-hydrogen) atoms. The molecule has 2 rings (SSSR count). The third-order valence-electron chi connectivity index (χ3n) is 3.39. The lowest BCUT2D eigenvalue weighted by Gasteiger charge is -2.22. The molecule has 92 valence electrons. The summed E-state index contributed by atoms with van der Waals surface area (Å²) >= 11 is 0. The Balaban J connectivity index is 0.000000686. The average molecular weight is 231 g/mol. The molecule has 0 aromatic heterocycles. The van der Waals surface area contributed by atoms with Crippen LogP contribution in [0.15, 0.2) is 18.2 Å². The zero-order valence-electron chi connectivity index (χ0n) is 10.7. The molecule has 1 aromatic carbocycles. The first-order valence-corrected chi connectivity index (χ1v) is 5.99. The molecule has 2 nitrogen and oxygen atoms in total. The van der Waals surface area contributed by atoms with Crippen molar-refractivity contribution < 1.29 is 5.11 Å². The number of aliphatic hydroxyl groups is 1. The van der Waals surface area contributed by atoms with Crippen molar-refractivity contribution in [2.45, 2.75) is 25.7 Å². The zero-order chi connectivity index (χ0) is 12.8. The molecule has 0 fully saturated rings. The van der Waals surface area contributed by atoms with Crippen LogP contribution in [0.5, 0.6) is 0 Å². The van der Waals surface area contributed by atoms with Crippen LogP contribution >= 0.6 is 0 Å². The first-order chi connectivity index (χ1) is 8.24. The summed E-state index contributed by atoms with van der Waals surface area (Å²) in [6.45, 7) is 3.50. The number of nitrogens with zero attached hydrogens (tertiary/aromatic N) is 1. The van der Waals surface area contributed by atoms with Gasteiger partial charge in [0.2, 0.25) is 0 Å². The normalized spacial score (nSPS) is 18.6. The third kappa shape index (κ3) is 2.81. The standard InChI is InChI=1S/C13H19NO.C2H2/c1-10-5-3-7-12-13(10)11(9-15)6-4-8-14(12)2;1-2/h3,5,7,11,15H,4,6,8-9H2,1-2H3;1-2H. The lowest BCUT2D eigenvalue weighted by Crippen LogP contribution is -2.18. The summed E-state index contributed by atoms with van der Waals surface area (Å²) in [6, 6.07) is 6.40. The van der Waals surface area contributed by atoms with Gasteiger partial charge in [0.25, 0.3) is 0 Å². The fourth-order valence-electron chi connectivity index (χ4n) is 2.55. The van der Waals surface area contributed by atoms with E-state index in [1.807, 2.05) is 0 Å². The van der Waals surface area contributed by atoms with E-state index in [9.17, 15) is 5.11 Å². The molecule has 0 spiro atoms. The summed E-state index contributed by atoms with van der Waals surface area (Å²) < 4.78 is 0. The van der Waals surface area contributed by atoms with Crippen molar-refractivity contribution in [3.8, 4) is 12.8 Å². The van der Waals surface area contributed by atoms with Gasteiger partial charge < -0.3 is 10.0 Å². The maximum atomic E-state index is 9.45. The topological polar surface area (TPSA) is 23.5 Å². The van der Waals surface area contributed by atoms with Crippen LogP contribution in [0.1, 0.15) is 29.9 Å². The predicted molar refractivity (Wildman–Crippen MR) is 73.4 cm³/mol. The van der Waals surface area contributed by atoms with Crippen LogP contribution in [0.25, 0.3) is 0 Å². The van der Waals surface area contributed by atoms with Crippen LogP contribution in [-0.2, 0) is 0 Å². The van der Waals surface area contributed by atoms with Gasteiger partial charge >= 0.3 is 0 Å². The maximum absolute atomic E-state index is 9.45. The van der Waals surface area contributed by atoms with Crippen molar-refractivity contribution in [3.05, 3.63) is 29.3 Å². The molecule has 1 aliphatic heterocycles. The fraction of sp³-hybridized carbons (Fsp3) is 0.467. The minimum Gasteiger partial charge on any atom is -0.396 e. The Bertz CT molecular complexity index is 384. The minimum absolute atomic E-state index is 0.270. The maximum Gasteiger partial charge on any atom is 0.0500 e. The zero-order valence-corrected chi connectivity index (χ0v) is 10.7. The van der Waals surface area contributed by atoms with E-state index in [4.69, 9.17) is 0 Å². The highest BCUT2D eigenvalue weighted by atomic mass is 16.3. The highest BCUT2D eigenvalue weighted by Crippen LogP contribution is 2.35. The number of anilines is 1. The SMILES string of the molecule is C#C.Cc1cccc2c1C(CO)CCCN2C. The van der Waals surface area contributed by atoms with Crippen LogP contribution in [0.2, 0.25) is 0 Å². The number of aliphatic hydroxyl groups excluding tert-OH is 1. The fourth-order valence-corrected chi connectivity index (χ4v) is 2.55. The monoisotopic (exact) mass is 231 g/mol. The van der Waals surface area contributed by atoms with E-state index in [-0.39, 0.29) is 6.61 Å². The Kier molecular flexibility index (Phi) is 5.06. The van der Waals surface area contributed by atoms with Crippen molar-refractivity contribution in [2.75, 3.05) is 25.1 Å². The predicted octanol–water partition coefficient (Wildman–Crippen LogP) is 2.55. The highest BCUT2D eigenvalue weighted by Gasteiger charge is 2.21. The average Bonchev–Trinajstić information content (AvgIpc) is 2.53. The molecule has 1 aliphatic rings. The van der Waals surface area contributed by atoms with E-state index in [1.54, 1.807) is 0 Å². The summed E-state index contributed by atoms with van der Waals surface area (Å²) in [5.74, 6) is 0.325. The van der Waals surface area contributed by atoms with Crippen molar-refractivity contribution in [1.82, 2.24) is 0 Å². The number of hydrogen-bond acceptors (Lipinski definition) is 2. The van der Waals surface area contributed by atoms with E-state index in [2.05, 4.69) is 49.9 Å². The molecular formula is C15H21NO. The first kappa shape index (κ1) is 13.6. The smallest absolute Gasteiger partial charge is 0.0500 e. The van der Waals surface area contributed by atoms with Crippen molar-refractivity contribution in [1.29, 1.82) is 0 Å². The molecule has 0 amide bonds. The molecule has 1 heterocycles. The number of terminal acetylenes is 1. The van der Waals surface area contributed by atoms with Crippen molar-refractivity contribution in [2.24, 2.45) is 0 Å². The Morgan fingerprint density at radius 2 is 2.12 bits per heavy atom. The molecule has 1 N–H and O–H groups in total. The van der Waals surface area contributed by atoms with E-state index >= 15 is 0 Å². The van der Waals surface area contributed by atoms with E-state index in [0.717, 1.165) is 19.4 Å². The molecule has 0 saturated carbocycles. The number of hydrogen-bond donors (Lipinski definition) is 1. The van der Waals surface area contributed by atoms with Gasteiger partial charge in [-0.25, -0.2) is 0 Å². The second-order valence-corrected chi connectivity index (χ2v) is 4.45. The molecule has 2 heteroatoms. The summed E-state index contributed by atoms with van der Waals surface area (Å²) in [7, 11) is 2.14.